The molecule has 3 rings (SSSR count). The maximum absolute atomic E-state index is 13.6. The average Bonchev–Trinajstić information content (AvgIpc) is 2.72. The lowest BCUT2D eigenvalue weighted by Gasteiger charge is -2.12. The van der Waals surface area contributed by atoms with Gasteiger partial charge >= 0.3 is 0 Å². The van der Waals surface area contributed by atoms with E-state index in [0.717, 1.165) is 23.3 Å². The molecule has 0 fully saturated rings. The molecule has 0 aliphatic carbocycles. The van der Waals surface area contributed by atoms with Gasteiger partial charge in [-0.3, -0.25) is 10.2 Å². The number of rotatable bonds is 7. The summed E-state index contributed by atoms with van der Waals surface area (Å²) >= 11 is 0. The molecule has 0 aliphatic heterocycles. The van der Waals surface area contributed by atoms with Crippen molar-refractivity contribution in [3.63, 3.8) is 0 Å². The third kappa shape index (κ3) is 4.73. The Labute approximate surface area is 162 Å². The summed E-state index contributed by atoms with van der Waals surface area (Å²) in [4.78, 5) is 13.3. The summed E-state index contributed by atoms with van der Waals surface area (Å²) in [5.41, 5.74) is 3.72. The third-order valence-electron chi connectivity index (χ3n) is 3.78. The molecule has 0 aliphatic rings. The van der Waals surface area contributed by atoms with Crippen molar-refractivity contribution in [2.45, 2.75) is 4.90 Å². The van der Waals surface area contributed by atoms with E-state index in [1.165, 1.54) is 12.1 Å². The van der Waals surface area contributed by atoms with Gasteiger partial charge in [0.05, 0.1) is 0 Å². The molecule has 0 spiro atoms. The Kier molecular flexibility index (Phi) is 6.03. The summed E-state index contributed by atoms with van der Waals surface area (Å²) in [6.07, 6.45) is 0. The molecule has 0 saturated heterocycles. The van der Waals surface area contributed by atoms with E-state index in [1.54, 1.807) is 12.1 Å². The van der Waals surface area contributed by atoms with E-state index >= 15 is 0 Å². The van der Waals surface area contributed by atoms with Crippen LogP contribution in [0.5, 0.6) is 5.75 Å². The normalized spacial score (nSPS) is 11.0. The highest BCUT2D eigenvalue weighted by atomic mass is 32.2. The minimum Gasteiger partial charge on any atom is -0.483 e. The quantitative estimate of drug-likeness (QED) is 0.598. The molecule has 8 heteroatoms. The molecule has 0 radical (unpaired) electrons. The molecule has 1 amide bonds. The highest BCUT2D eigenvalue weighted by Gasteiger charge is 2.19. The molecule has 6 nitrogen and oxygen atoms in total. The van der Waals surface area contributed by atoms with Gasteiger partial charge in [0, 0.05) is 5.56 Å². The van der Waals surface area contributed by atoms with Crippen LogP contribution in [0.3, 0.4) is 0 Å². The SMILES string of the molecule is O=C(COc1ccccc1-c1ccccc1)NNS(=O)(=O)c1ccccc1F. The topological polar surface area (TPSA) is 84.5 Å². The molecular formula is C20H17FN2O4S. The second kappa shape index (κ2) is 8.64. The van der Waals surface area contributed by atoms with E-state index in [9.17, 15) is 17.6 Å². The molecule has 0 atom stereocenters. The van der Waals surface area contributed by atoms with Gasteiger partial charge in [0.15, 0.2) is 6.61 Å². The Morgan fingerprint density at radius 2 is 1.54 bits per heavy atom. The molecule has 0 bridgehead atoms. The smallest absolute Gasteiger partial charge is 0.272 e. The first kappa shape index (κ1) is 19.5. The van der Waals surface area contributed by atoms with Gasteiger partial charge in [-0.1, -0.05) is 60.7 Å². The number of hydrogen-bond acceptors (Lipinski definition) is 4. The largest absolute Gasteiger partial charge is 0.483 e. The van der Waals surface area contributed by atoms with Gasteiger partial charge in [-0.15, -0.1) is 4.83 Å². The van der Waals surface area contributed by atoms with Crippen LogP contribution in [0.2, 0.25) is 0 Å². The van der Waals surface area contributed by atoms with Gasteiger partial charge in [0.1, 0.15) is 16.5 Å². The number of carbonyl (C=O) groups is 1. The lowest BCUT2D eigenvalue weighted by atomic mass is 10.1. The van der Waals surface area contributed by atoms with Crippen molar-refractivity contribution in [3.8, 4) is 16.9 Å². The second-order valence-corrected chi connectivity index (χ2v) is 7.39. The van der Waals surface area contributed by atoms with Crippen molar-refractivity contribution < 1.29 is 22.3 Å². The summed E-state index contributed by atoms with van der Waals surface area (Å²) < 4.78 is 43.3. The predicted octanol–water partition coefficient (Wildman–Crippen LogP) is 2.88. The summed E-state index contributed by atoms with van der Waals surface area (Å²) in [6, 6.07) is 21.5. The number of ether oxygens (including phenoxy) is 1. The molecule has 0 heterocycles. The van der Waals surface area contributed by atoms with Crippen LogP contribution in [0.1, 0.15) is 0 Å². The summed E-state index contributed by atoms with van der Waals surface area (Å²) in [6.45, 7) is -0.427. The Morgan fingerprint density at radius 3 is 2.29 bits per heavy atom. The Bertz CT molecular complexity index is 1070. The first-order chi connectivity index (χ1) is 13.5. The van der Waals surface area contributed by atoms with Gasteiger partial charge in [-0.2, -0.15) is 0 Å². The zero-order valence-electron chi connectivity index (χ0n) is 14.6. The highest BCUT2D eigenvalue weighted by Crippen LogP contribution is 2.29. The highest BCUT2D eigenvalue weighted by molar-refractivity contribution is 7.89. The van der Waals surface area contributed by atoms with Crippen molar-refractivity contribution in [2.75, 3.05) is 6.61 Å². The number of amides is 1. The molecule has 28 heavy (non-hydrogen) atoms. The van der Waals surface area contributed by atoms with Crippen LogP contribution in [-0.2, 0) is 14.8 Å². The molecule has 2 N–H and O–H groups in total. The van der Waals surface area contributed by atoms with Crippen molar-refractivity contribution in [3.05, 3.63) is 84.7 Å². The van der Waals surface area contributed by atoms with Crippen LogP contribution in [0.4, 0.5) is 4.39 Å². The van der Waals surface area contributed by atoms with E-state index in [2.05, 4.69) is 0 Å². The molecule has 0 unspecified atom stereocenters. The van der Waals surface area contributed by atoms with Crippen LogP contribution < -0.4 is 15.0 Å². The number of nitrogens with one attached hydrogen (secondary N) is 2. The minimum absolute atomic E-state index is 0.427. The van der Waals surface area contributed by atoms with Crippen molar-refractivity contribution in [1.82, 2.24) is 10.3 Å². The number of para-hydroxylation sites is 1. The summed E-state index contributed by atoms with van der Waals surface area (Å²) in [5, 5.41) is 0. The van der Waals surface area contributed by atoms with Crippen LogP contribution in [0, 0.1) is 5.82 Å². The number of hydrogen-bond donors (Lipinski definition) is 2. The average molecular weight is 400 g/mol. The number of halogens is 1. The lowest BCUT2D eigenvalue weighted by molar-refractivity contribution is -0.123. The Morgan fingerprint density at radius 1 is 0.893 bits per heavy atom. The molecule has 3 aromatic carbocycles. The van der Waals surface area contributed by atoms with Gasteiger partial charge in [-0.25, -0.2) is 12.8 Å². The zero-order chi connectivity index (χ0) is 20.0. The summed E-state index contributed by atoms with van der Waals surface area (Å²) in [7, 11) is -4.23. The first-order valence-corrected chi connectivity index (χ1v) is 9.78. The number of hydrazine groups is 1. The van der Waals surface area contributed by atoms with Gasteiger partial charge in [0.25, 0.3) is 15.9 Å². The third-order valence-corrected chi connectivity index (χ3v) is 5.06. The van der Waals surface area contributed by atoms with Gasteiger partial charge in [-0.05, 0) is 23.8 Å². The molecular weight excluding hydrogens is 383 g/mol. The Balaban J connectivity index is 1.62. The van der Waals surface area contributed by atoms with Gasteiger partial charge in [0.2, 0.25) is 0 Å². The maximum atomic E-state index is 13.6. The van der Waals surface area contributed by atoms with Crippen LogP contribution >= 0.6 is 0 Å². The van der Waals surface area contributed by atoms with Crippen LogP contribution in [0.15, 0.2) is 83.8 Å². The van der Waals surface area contributed by atoms with E-state index in [-0.39, 0.29) is 0 Å². The number of sulfonamides is 1. The van der Waals surface area contributed by atoms with Crippen molar-refractivity contribution in [1.29, 1.82) is 0 Å². The van der Waals surface area contributed by atoms with Crippen LogP contribution in [0.25, 0.3) is 11.1 Å². The predicted molar refractivity (Wildman–Crippen MR) is 102 cm³/mol. The number of benzene rings is 3. The minimum atomic E-state index is -4.23. The fraction of sp³-hybridized carbons (Fsp3) is 0.0500. The van der Waals surface area contributed by atoms with E-state index < -0.39 is 33.3 Å². The second-order valence-electron chi connectivity index (χ2n) is 5.73. The fourth-order valence-corrected chi connectivity index (χ4v) is 3.41. The monoisotopic (exact) mass is 400 g/mol. The number of carbonyl (C=O) groups excluding carboxylic acids is 1. The molecule has 3 aromatic rings. The summed E-state index contributed by atoms with van der Waals surface area (Å²) in [5.74, 6) is -1.18. The standard InChI is InChI=1S/C20H17FN2O4S/c21-17-11-5-7-13-19(17)28(25,26)23-22-20(24)14-27-18-12-6-4-10-16(18)15-8-2-1-3-9-15/h1-13,23H,14H2,(H,22,24). The van der Waals surface area contributed by atoms with Crippen molar-refractivity contribution in [2.24, 2.45) is 0 Å². The fourth-order valence-electron chi connectivity index (χ4n) is 2.47. The lowest BCUT2D eigenvalue weighted by Crippen LogP contribution is -2.43. The Hall–Kier alpha value is -3.23. The molecule has 0 aromatic heterocycles. The van der Waals surface area contributed by atoms with E-state index in [0.29, 0.717) is 5.75 Å². The molecule has 144 valence electrons. The van der Waals surface area contributed by atoms with Gasteiger partial charge < -0.3 is 4.74 Å². The maximum Gasteiger partial charge on any atom is 0.272 e. The van der Waals surface area contributed by atoms with E-state index in [4.69, 9.17) is 4.74 Å². The molecule has 0 saturated carbocycles. The van der Waals surface area contributed by atoms with Crippen molar-refractivity contribution >= 4 is 15.9 Å². The first-order valence-electron chi connectivity index (χ1n) is 8.30. The van der Waals surface area contributed by atoms with E-state index in [1.807, 2.05) is 52.7 Å². The zero-order valence-corrected chi connectivity index (χ0v) is 15.4. The van der Waals surface area contributed by atoms with Crippen LogP contribution in [-0.4, -0.2) is 20.9 Å².